The van der Waals surface area contributed by atoms with Crippen molar-refractivity contribution < 1.29 is 18.0 Å². The summed E-state index contributed by atoms with van der Waals surface area (Å²) in [6.07, 6.45) is 3.31. The Balaban J connectivity index is 1.94. The maximum Gasteiger partial charge on any atom is 0.319 e. The van der Waals surface area contributed by atoms with Gasteiger partial charge >= 0.3 is 6.03 Å². The van der Waals surface area contributed by atoms with Gasteiger partial charge in [-0.15, -0.1) is 0 Å². The first kappa shape index (κ1) is 22.8. The Morgan fingerprint density at radius 3 is 2.41 bits per heavy atom. The summed E-state index contributed by atoms with van der Waals surface area (Å²) in [5.74, 6) is -0.356. The van der Waals surface area contributed by atoms with Crippen molar-refractivity contribution in [2.24, 2.45) is 0 Å². The Morgan fingerprint density at radius 1 is 0.969 bits per heavy atom. The number of nitrogens with zero attached hydrogens (tertiary/aromatic N) is 2. The molecule has 0 aliphatic rings. The zero-order chi connectivity index (χ0) is 23.1. The molecule has 0 radical (unpaired) electrons. The van der Waals surface area contributed by atoms with Crippen LogP contribution in [0.25, 0.3) is 11.1 Å². The minimum atomic E-state index is -3.03. The Labute approximate surface area is 187 Å². The lowest BCUT2D eigenvalue weighted by atomic mass is 9.98. The highest BCUT2D eigenvalue weighted by Crippen LogP contribution is 2.36. The van der Waals surface area contributed by atoms with Crippen molar-refractivity contribution in [2.75, 3.05) is 24.1 Å². The van der Waals surface area contributed by atoms with Gasteiger partial charge in [-0.3, -0.25) is 14.5 Å². The minimum Gasteiger partial charge on any atom is -0.345 e. The van der Waals surface area contributed by atoms with Gasteiger partial charge in [-0.25, -0.2) is 13.2 Å². The van der Waals surface area contributed by atoms with Gasteiger partial charge < -0.3 is 15.5 Å². The van der Waals surface area contributed by atoms with Crippen molar-refractivity contribution in [1.29, 1.82) is 0 Å². The fourth-order valence-electron chi connectivity index (χ4n) is 3.09. The van der Waals surface area contributed by atoms with Gasteiger partial charge in [0.05, 0.1) is 16.9 Å². The molecule has 0 atom stereocenters. The Morgan fingerprint density at radius 2 is 1.72 bits per heavy atom. The molecule has 2 aromatic carbocycles. The van der Waals surface area contributed by atoms with E-state index in [0.29, 0.717) is 16.8 Å². The second-order valence-electron chi connectivity index (χ2n) is 7.01. The second kappa shape index (κ2) is 10.4. The SMILES string of the molecule is CN(C)C(=O)c1cccc(-c2ccccc2NC(=O)NCc2cccnc2)c1N[SH](=O)=O. The van der Waals surface area contributed by atoms with Gasteiger partial charge in [-0.05, 0) is 23.8 Å². The number of carbonyl (C=O) groups is 2. The van der Waals surface area contributed by atoms with Gasteiger partial charge in [-0.1, -0.05) is 36.4 Å². The monoisotopic (exact) mass is 453 g/mol. The lowest BCUT2D eigenvalue weighted by Crippen LogP contribution is -2.28. The molecule has 32 heavy (non-hydrogen) atoms. The Hall–Kier alpha value is -3.92. The van der Waals surface area contributed by atoms with E-state index in [1.807, 2.05) is 6.07 Å². The molecule has 3 N–H and O–H groups in total. The number of hydrogen-bond donors (Lipinski definition) is 4. The summed E-state index contributed by atoms with van der Waals surface area (Å²) < 4.78 is 25.4. The highest BCUT2D eigenvalue weighted by molar-refractivity contribution is 7.73. The molecule has 1 heterocycles. The largest absolute Gasteiger partial charge is 0.345 e. The number of benzene rings is 2. The van der Waals surface area contributed by atoms with Gasteiger partial charge in [-0.2, -0.15) is 0 Å². The van der Waals surface area contributed by atoms with Crippen LogP contribution in [0.1, 0.15) is 15.9 Å². The molecule has 0 saturated heterocycles. The summed E-state index contributed by atoms with van der Waals surface area (Å²) in [5.41, 5.74) is 2.65. The number of aromatic nitrogens is 1. The number of amides is 3. The van der Waals surface area contributed by atoms with Gasteiger partial charge in [0.1, 0.15) is 0 Å². The van der Waals surface area contributed by atoms with E-state index in [0.717, 1.165) is 5.56 Å². The molecule has 1 aromatic heterocycles. The quantitative estimate of drug-likeness (QED) is 0.410. The van der Waals surface area contributed by atoms with E-state index in [1.165, 1.54) is 4.90 Å². The molecular weight excluding hydrogens is 430 g/mol. The van der Waals surface area contributed by atoms with E-state index in [2.05, 4.69) is 20.3 Å². The van der Waals surface area contributed by atoms with Crippen molar-refractivity contribution in [1.82, 2.24) is 15.2 Å². The van der Waals surface area contributed by atoms with Crippen LogP contribution in [-0.4, -0.2) is 44.3 Å². The number of nitrogens with one attached hydrogen (secondary N) is 3. The number of urea groups is 1. The average Bonchev–Trinajstić information content (AvgIpc) is 2.78. The number of carbonyl (C=O) groups excluding carboxylic acids is 2. The fourth-order valence-corrected chi connectivity index (χ4v) is 3.51. The standard InChI is InChI=1S/C22H23N5O4S/c1-27(2)21(28)18-10-5-9-17(20(18)26-32(30)31)16-8-3-4-11-19(16)25-22(29)24-14-15-7-6-12-23-13-15/h3-13,32H,14H2,1-2H3,(H2,24,25,29)(H,26,30,31). The van der Waals surface area contributed by atoms with Crippen molar-refractivity contribution in [3.8, 4) is 11.1 Å². The van der Waals surface area contributed by atoms with Gasteiger partial charge in [0.2, 0.25) is 10.9 Å². The Bertz CT molecular complexity index is 1190. The predicted molar refractivity (Wildman–Crippen MR) is 124 cm³/mol. The van der Waals surface area contributed by atoms with Crippen LogP contribution in [-0.2, 0) is 17.4 Å². The number of pyridine rings is 1. The van der Waals surface area contributed by atoms with E-state index in [4.69, 9.17) is 0 Å². The highest BCUT2D eigenvalue weighted by atomic mass is 32.2. The number of anilines is 2. The predicted octanol–water partition coefficient (Wildman–Crippen LogP) is 2.71. The zero-order valence-corrected chi connectivity index (χ0v) is 18.4. The summed E-state index contributed by atoms with van der Waals surface area (Å²) >= 11 is 0. The van der Waals surface area contributed by atoms with Crippen molar-refractivity contribution in [2.45, 2.75) is 6.54 Å². The summed E-state index contributed by atoms with van der Waals surface area (Å²) in [4.78, 5) is 30.5. The molecule has 10 heteroatoms. The molecule has 0 aliphatic heterocycles. The third kappa shape index (κ3) is 5.61. The molecule has 9 nitrogen and oxygen atoms in total. The molecule has 0 spiro atoms. The van der Waals surface area contributed by atoms with E-state index < -0.39 is 16.9 Å². The average molecular weight is 454 g/mol. The lowest BCUT2D eigenvalue weighted by Gasteiger charge is -2.18. The van der Waals surface area contributed by atoms with E-state index in [9.17, 15) is 18.0 Å². The van der Waals surface area contributed by atoms with Crippen molar-refractivity contribution >= 4 is 34.2 Å². The summed E-state index contributed by atoms with van der Waals surface area (Å²) in [5, 5.41) is 5.54. The van der Waals surface area contributed by atoms with Crippen molar-refractivity contribution in [3.05, 3.63) is 78.1 Å². The topological polar surface area (TPSA) is 120 Å². The zero-order valence-electron chi connectivity index (χ0n) is 17.5. The second-order valence-corrected chi connectivity index (χ2v) is 7.75. The molecule has 0 aliphatic carbocycles. The molecular formula is C22H23N5O4S. The van der Waals surface area contributed by atoms with E-state index in [-0.39, 0.29) is 23.7 Å². The highest BCUT2D eigenvalue weighted by Gasteiger charge is 2.19. The number of thiol groups is 1. The number of para-hydroxylation sites is 2. The molecule has 0 fully saturated rings. The smallest absolute Gasteiger partial charge is 0.319 e. The molecule has 0 saturated carbocycles. The lowest BCUT2D eigenvalue weighted by molar-refractivity contribution is 0.0828. The summed E-state index contributed by atoms with van der Waals surface area (Å²) in [6.45, 7) is 0.290. The van der Waals surface area contributed by atoms with Gasteiger partial charge in [0.15, 0.2) is 0 Å². The van der Waals surface area contributed by atoms with Gasteiger partial charge in [0.25, 0.3) is 5.91 Å². The molecule has 3 rings (SSSR count). The van der Waals surface area contributed by atoms with Crippen molar-refractivity contribution in [3.63, 3.8) is 0 Å². The third-order valence-electron chi connectivity index (χ3n) is 4.55. The normalized spacial score (nSPS) is 10.5. The maximum atomic E-state index is 12.6. The van der Waals surface area contributed by atoms with Crippen LogP contribution in [0, 0.1) is 0 Å². The first-order valence-electron chi connectivity index (χ1n) is 9.65. The molecule has 0 unspecified atom stereocenters. The van der Waals surface area contributed by atoms with Crippen LogP contribution < -0.4 is 15.4 Å². The fraction of sp³-hybridized carbons (Fsp3) is 0.136. The van der Waals surface area contributed by atoms with Crippen LogP contribution in [0.3, 0.4) is 0 Å². The van der Waals surface area contributed by atoms with Gasteiger partial charge in [0, 0.05) is 44.2 Å². The Kier molecular flexibility index (Phi) is 7.40. The van der Waals surface area contributed by atoms with Crippen LogP contribution in [0.4, 0.5) is 16.2 Å². The number of hydrogen-bond acceptors (Lipinski definition) is 5. The summed E-state index contributed by atoms with van der Waals surface area (Å²) in [6, 6.07) is 15.0. The van der Waals surface area contributed by atoms with E-state index >= 15 is 0 Å². The molecule has 166 valence electrons. The summed E-state index contributed by atoms with van der Waals surface area (Å²) in [7, 11) is 0.135. The van der Waals surface area contributed by atoms with E-state index in [1.54, 1.807) is 75.0 Å². The first-order chi connectivity index (χ1) is 15.4. The molecule has 3 amide bonds. The number of rotatable bonds is 7. The van der Waals surface area contributed by atoms with Crippen LogP contribution in [0.2, 0.25) is 0 Å². The third-order valence-corrected chi connectivity index (χ3v) is 4.95. The van der Waals surface area contributed by atoms with Crippen LogP contribution in [0.5, 0.6) is 0 Å². The van der Waals surface area contributed by atoms with Crippen LogP contribution in [0.15, 0.2) is 67.0 Å². The molecule has 0 bridgehead atoms. The maximum absolute atomic E-state index is 12.6. The minimum absolute atomic E-state index is 0.146. The molecule has 3 aromatic rings. The first-order valence-corrected chi connectivity index (χ1v) is 10.8. The van der Waals surface area contributed by atoms with Crippen LogP contribution >= 0.6 is 0 Å².